The van der Waals surface area contributed by atoms with Crippen molar-refractivity contribution in [3.05, 3.63) is 0 Å². The van der Waals surface area contributed by atoms with Gasteiger partial charge in [0.05, 0.1) is 0 Å². The van der Waals surface area contributed by atoms with Crippen molar-refractivity contribution in [3.8, 4) is 0 Å². The van der Waals surface area contributed by atoms with Crippen molar-refractivity contribution in [2.24, 2.45) is 5.73 Å². The molecule has 0 aromatic rings. The van der Waals surface area contributed by atoms with E-state index in [-0.39, 0.29) is 6.03 Å². The van der Waals surface area contributed by atoms with Crippen LogP contribution in [0.25, 0.3) is 0 Å². The molecule has 5 nitrogen and oxygen atoms in total. The molecule has 0 aromatic heterocycles. The van der Waals surface area contributed by atoms with Crippen molar-refractivity contribution < 1.29 is 9.59 Å². The van der Waals surface area contributed by atoms with Crippen LogP contribution >= 0.6 is 0 Å². The van der Waals surface area contributed by atoms with E-state index in [1.807, 2.05) is 0 Å². The molecule has 0 saturated heterocycles. The molecule has 4 amide bonds. The van der Waals surface area contributed by atoms with Gasteiger partial charge in [0.25, 0.3) is 0 Å². The van der Waals surface area contributed by atoms with Crippen LogP contribution in [0, 0.1) is 0 Å². The van der Waals surface area contributed by atoms with Gasteiger partial charge in [-0.1, -0.05) is 78.1 Å². The Hall–Kier alpha value is -1.26. The van der Waals surface area contributed by atoms with Gasteiger partial charge in [-0.15, -0.1) is 0 Å². The number of amides is 4. The number of carbonyl (C=O) groups excluding carboxylic acids is 2. The molecule has 0 atom stereocenters. The molecule has 0 aliphatic carbocycles. The van der Waals surface area contributed by atoms with Crippen LogP contribution in [-0.2, 0) is 0 Å². The van der Waals surface area contributed by atoms with Crippen LogP contribution in [0.5, 0.6) is 0 Å². The van der Waals surface area contributed by atoms with Gasteiger partial charge in [0.2, 0.25) is 0 Å². The summed E-state index contributed by atoms with van der Waals surface area (Å²) < 4.78 is 0. The molecule has 0 spiro atoms. The van der Waals surface area contributed by atoms with Crippen LogP contribution in [0.15, 0.2) is 0 Å². The second kappa shape index (κ2) is 15.6. The Morgan fingerprint density at radius 1 is 0.739 bits per heavy atom. The van der Waals surface area contributed by atoms with Gasteiger partial charge in [0.1, 0.15) is 0 Å². The summed E-state index contributed by atoms with van der Waals surface area (Å²) in [6.07, 6.45) is 14.3. The number of carbonyl (C=O) groups is 2. The van der Waals surface area contributed by atoms with Crippen molar-refractivity contribution in [2.75, 3.05) is 13.1 Å². The first kappa shape index (κ1) is 21.7. The van der Waals surface area contributed by atoms with E-state index in [0.29, 0.717) is 13.1 Å². The number of unbranched alkanes of at least 4 members (excludes halogenated alkanes) is 10. The Morgan fingerprint density at radius 2 is 1.13 bits per heavy atom. The summed E-state index contributed by atoms with van der Waals surface area (Å²) in [4.78, 5) is 24.6. The molecule has 5 heteroatoms. The topological polar surface area (TPSA) is 75.4 Å². The van der Waals surface area contributed by atoms with E-state index in [1.54, 1.807) is 4.90 Å². The summed E-state index contributed by atoms with van der Waals surface area (Å²) in [5.41, 5.74) is 5.05. The normalized spacial score (nSPS) is 10.5. The first-order chi connectivity index (χ1) is 11.1. The Kier molecular flexibility index (Phi) is 14.8. The molecule has 0 saturated carbocycles. The highest BCUT2D eigenvalue weighted by molar-refractivity contribution is 5.92. The Morgan fingerprint density at radius 3 is 1.52 bits per heavy atom. The molecule has 0 fully saturated rings. The molecule has 0 heterocycles. The molecule has 0 aliphatic heterocycles. The Labute approximate surface area is 142 Å². The third-order valence-electron chi connectivity index (χ3n) is 4.08. The molecule has 0 bridgehead atoms. The summed E-state index contributed by atoms with van der Waals surface area (Å²) >= 11 is 0. The van der Waals surface area contributed by atoms with E-state index < -0.39 is 6.03 Å². The zero-order valence-electron chi connectivity index (χ0n) is 15.2. The quantitative estimate of drug-likeness (QED) is 0.450. The minimum atomic E-state index is -0.772. The summed E-state index contributed by atoms with van der Waals surface area (Å²) in [5, 5.41) is 2.19. The Balaban J connectivity index is 3.98. The highest BCUT2D eigenvalue weighted by atomic mass is 16.2. The molecule has 136 valence electrons. The predicted molar refractivity (Wildman–Crippen MR) is 96.4 cm³/mol. The van der Waals surface area contributed by atoms with Crippen LogP contribution in [0.2, 0.25) is 0 Å². The van der Waals surface area contributed by atoms with Gasteiger partial charge in [-0.05, 0) is 12.8 Å². The molecule has 0 radical (unpaired) electrons. The number of nitrogens with zero attached hydrogens (tertiary/aromatic N) is 1. The molecule has 23 heavy (non-hydrogen) atoms. The molecular formula is C18H37N3O2. The summed E-state index contributed by atoms with van der Waals surface area (Å²) in [6, 6.07) is -1.12. The molecule has 0 aromatic carbocycles. The highest BCUT2D eigenvalue weighted by Crippen LogP contribution is 2.09. The van der Waals surface area contributed by atoms with Gasteiger partial charge in [0.15, 0.2) is 0 Å². The lowest BCUT2D eigenvalue weighted by Crippen LogP contribution is -2.45. The highest BCUT2D eigenvalue weighted by Gasteiger charge is 2.14. The zero-order valence-corrected chi connectivity index (χ0v) is 15.2. The smallest absolute Gasteiger partial charge is 0.325 e. The lowest BCUT2D eigenvalue weighted by molar-refractivity contribution is 0.194. The van der Waals surface area contributed by atoms with Crippen molar-refractivity contribution in [3.63, 3.8) is 0 Å². The Bertz CT molecular complexity index is 293. The monoisotopic (exact) mass is 327 g/mol. The standard InChI is InChI=1S/C18H37N3O2/c1-3-5-7-9-11-13-15-21(18(23)20-17(19)22)16-14-12-10-8-6-4-2/h3-16H2,1-2H3,(H3,19,20,22,23). The summed E-state index contributed by atoms with van der Waals surface area (Å²) in [5.74, 6) is 0. The van der Waals surface area contributed by atoms with E-state index in [0.717, 1.165) is 25.7 Å². The van der Waals surface area contributed by atoms with Gasteiger partial charge in [-0.3, -0.25) is 5.32 Å². The van der Waals surface area contributed by atoms with Crippen LogP contribution < -0.4 is 11.1 Å². The van der Waals surface area contributed by atoms with Gasteiger partial charge in [-0.2, -0.15) is 0 Å². The third-order valence-corrected chi connectivity index (χ3v) is 4.08. The summed E-state index contributed by atoms with van der Waals surface area (Å²) in [6.45, 7) is 5.83. The van der Waals surface area contributed by atoms with Gasteiger partial charge in [-0.25, -0.2) is 9.59 Å². The number of nitrogens with one attached hydrogen (secondary N) is 1. The van der Waals surface area contributed by atoms with E-state index in [1.165, 1.54) is 51.4 Å². The fraction of sp³-hybridized carbons (Fsp3) is 0.889. The number of urea groups is 2. The van der Waals surface area contributed by atoms with Gasteiger partial charge in [0, 0.05) is 13.1 Å². The SMILES string of the molecule is CCCCCCCCN(CCCCCCCC)C(=O)NC(N)=O. The van der Waals surface area contributed by atoms with E-state index in [4.69, 9.17) is 5.73 Å². The number of hydrogen-bond acceptors (Lipinski definition) is 2. The largest absolute Gasteiger partial charge is 0.351 e. The van der Waals surface area contributed by atoms with Crippen LogP contribution in [-0.4, -0.2) is 30.1 Å². The molecule has 0 rings (SSSR count). The first-order valence-electron chi connectivity index (χ1n) is 9.47. The summed E-state index contributed by atoms with van der Waals surface area (Å²) in [7, 11) is 0. The number of primary amides is 1. The van der Waals surface area contributed by atoms with Crippen LogP contribution in [0.4, 0.5) is 9.59 Å². The van der Waals surface area contributed by atoms with Crippen molar-refractivity contribution >= 4 is 12.1 Å². The second-order valence-corrected chi connectivity index (χ2v) is 6.32. The third kappa shape index (κ3) is 14.1. The molecular weight excluding hydrogens is 290 g/mol. The predicted octanol–water partition coefficient (Wildman–Crippen LogP) is 4.80. The van der Waals surface area contributed by atoms with Crippen molar-refractivity contribution in [2.45, 2.75) is 90.9 Å². The minimum Gasteiger partial charge on any atom is -0.351 e. The number of hydrogen-bond donors (Lipinski definition) is 2. The van der Waals surface area contributed by atoms with E-state index in [9.17, 15) is 9.59 Å². The minimum absolute atomic E-state index is 0.348. The number of imide groups is 1. The maximum atomic E-state index is 12.0. The van der Waals surface area contributed by atoms with Gasteiger partial charge < -0.3 is 10.6 Å². The zero-order chi connectivity index (χ0) is 17.3. The van der Waals surface area contributed by atoms with Crippen molar-refractivity contribution in [1.29, 1.82) is 0 Å². The maximum Gasteiger partial charge on any atom is 0.325 e. The number of rotatable bonds is 14. The van der Waals surface area contributed by atoms with E-state index in [2.05, 4.69) is 19.2 Å². The fourth-order valence-electron chi connectivity index (χ4n) is 2.67. The average Bonchev–Trinajstić information content (AvgIpc) is 2.51. The molecule has 0 unspecified atom stereocenters. The van der Waals surface area contributed by atoms with Crippen molar-refractivity contribution in [1.82, 2.24) is 10.2 Å². The lowest BCUT2D eigenvalue weighted by atomic mass is 10.1. The molecule has 3 N–H and O–H groups in total. The van der Waals surface area contributed by atoms with Crippen LogP contribution in [0.3, 0.4) is 0 Å². The van der Waals surface area contributed by atoms with Gasteiger partial charge >= 0.3 is 12.1 Å². The number of nitrogens with two attached hydrogens (primary N) is 1. The van der Waals surface area contributed by atoms with E-state index >= 15 is 0 Å². The van der Waals surface area contributed by atoms with Crippen LogP contribution in [0.1, 0.15) is 90.9 Å². The second-order valence-electron chi connectivity index (χ2n) is 6.32. The fourth-order valence-corrected chi connectivity index (χ4v) is 2.67. The molecule has 0 aliphatic rings. The maximum absolute atomic E-state index is 12.0. The first-order valence-corrected chi connectivity index (χ1v) is 9.47. The average molecular weight is 328 g/mol. The lowest BCUT2D eigenvalue weighted by Gasteiger charge is -2.22.